The molecule has 3 N–H and O–H groups in total. The maximum atomic E-state index is 11.1. The van der Waals surface area contributed by atoms with Crippen LogP contribution >= 0.6 is 0 Å². The van der Waals surface area contributed by atoms with Crippen LogP contribution in [0.2, 0.25) is 0 Å². The van der Waals surface area contributed by atoms with E-state index in [-0.39, 0.29) is 6.17 Å². The Labute approximate surface area is 131 Å². The molecule has 0 radical (unpaired) electrons. The number of carbonyl (C=O) groups is 1. The molecule has 0 aliphatic rings. The topological polar surface area (TPSA) is 92.0 Å². The first-order valence-corrected chi connectivity index (χ1v) is 9.01. The standard InChI is InChI=1S/C14H24N2O5Si/c1-18-8-10-20-22(12-16-14(15)17,21-11-9-19-2)13-6-4-3-5-7-13/h3-7H,8-12H2,1-2H3,(H3,15,16,17). The number of nitrogens with two attached hydrogens (primary N) is 1. The Morgan fingerprint density at radius 3 is 2.05 bits per heavy atom. The lowest BCUT2D eigenvalue weighted by atomic mass is 10.4. The van der Waals surface area contributed by atoms with Crippen molar-refractivity contribution in [2.75, 3.05) is 46.8 Å². The predicted molar refractivity (Wildman–Crippen MR) is 85.1 cm³/mol. The summed E-state index contributed by atoms with van der Waals surface area (Å²) in [7, 11) is 0.319. The van der Waals surface area contributed by atoms with E-state index in [0.29, 0.717) is 26.4 Å². The second-order valence-electron chi connectivity index (χ2n) is 4.52. The Balaban J connectivity index is 2.95. The lowest BCUT2D eigenvalue weighted by Gasteiger charge is -2.31. The first kappa shape index (κ1) is 18.6. The summed E-state index contributed by atoms with van der Waals surface area (Å²) >= 11 is 0. The molecule has 0 atom stereocenters. The van der Waals surface area contributed by atoms with Crippen LogP contribution in [0, 0.1) is 0 Å². The Hall–Kier alpha value is -1.45. The van der Waals surface area contributed by atoms with Gasteiger partial charge in [-0.3, -0.25) is 0 Å². The predicted octanol–water partition coefficient (Wildman–Crippen LogP) is -0.131. The SMILES string of the molecule is COCCO[Si](CNC(N)=O)(OCCOC)c1ccccc1. The van der Waals surface area contributed by atoms with Gasteiger partial charge in [0.1, 0.15) is 0 Å². The first-order valence-electron chi connectivity index (χ1n) is 6.99. The third-order valence-corrected chi connectivity index (χ3v) is 6.15. The zero-order chi connectivity index (χ0) is 16.3. The molecule has 0 aliphatic heterocycles. The maximum Gasteiger partial charge on any atom is 0.392 e. The van der Waals surface area contributed by atoms with Crippen LogP contribution in [0.5, 0.6) is 0 Å². The van der Waals surface area contributed by atoms with Crippen LogP contribution in [-0.4, -0.2) is 61.4 Å². The van der Waals surface area contributed by atoms with Gasteiger partial charge in [0.2, 0.25) is 0 Å². The summed E-state index contributed by atoms with van der Waals surface area (Å²) in [6.07, 6.45) is 0.222. The van der Waals surface area contributed by atoms with Crippen molar-refractivity contribution in [3.8, 4) is 0 Å². The molecule has 0 heterocycles. The Morgan fingerprint density at radius 2 is 1.59 bits per heavy atom. The molecule has 0 fully saturated rings. The van der Waals surface area contributed by atoms with Gasteiger partial charge in [0.15, 0.2) is 0 Å². The molecule has 2 amide bonds. The summed E-state index contributed by atoms with van der Waals surface area (Å²) in [5.74, 6) is 0. The quantitative estimate of drug-likeness (QED) is 0.436. The van der Waals surface area contributed by atoms with E-state index in [4.69, 9.17) is 24.1 Å². The fourth-order valence-electron chi connectivity index (χ4n) is 1.89. The van der Waals surface area contributed by atoms with E-state index in [1.54, 1.807) is 14.2 Å². The highest BCUT2D eigenvalue weighted by molar-refractivity contribution is 6.81. The number of hydrogen-bond donors (Lipinski definition) is 2. The summed E-state index contributed by atoms with van der Waals surface area (Å²) in [6.45, 7) is 1.60. The normalized spacial score (nSPS) is 11.4. The average Bonchev–Trinajstić information content (AvgIpc) is 2.53. The maximum absolute atomic E-state index is 11.1. The molecule has 0 bridgehead atoms. The largest absolute Gasteiger partial charge is 0.392 e. The number of nitrogens with one attached hydrogen (secondary N) is 1. The van der Waals surface area contributed by atoms with E-state index in [9.17, 15) is 4.79 Å². The number of methoxy groups -OCH3 is 2. The van der Waals surface area contributed by atoms with Crippen molar-refractivity contribution in [3.63, 3.8) is 0 Å². The number of urea groups is 1. The van der Waals surface area contributed by atoms with Crippen LogP contribution in [0.4, 0.5) is 4.79 Å². The average molecular weight is 328 g/mol. The number of carbonyl (C=O) groups excluding carboxylic acids is 1. The van der Waals surface area contributed by atoms with Crippen molar-refractivity contribution in [2.45, 2.75) is 0 Å². The number of hydrogen-bond acceptors (Lipinski definition) is 5. The fraction of sp³-hybridized carbons (Fsp3) is 0.500. The van der Waals surface area contributed by atoms with Crippen LogP contribution in [0.25, 0.3) is 0 Å². The number of benzene rings is 1. The molecule has 1 rings (SSSR count). The highest BCUT2D eigenvalue weighted by Gasteiger charge is 2.40. The van der Waals surface area contributed by atoms with Gasteiger partial charge in [-0.25, -0.2) is 4.79 Å². The summed E-state index contributed by atoms with van der Waals surface area (Å²) in [6, 6.07) is 8.96. The first-order chi connectivity index (χ1) is 10.6. The Morgan fingerprint density at radius 1 is 1.05 bits per heavy atom. The van der Waals surface area contributed by atoms with E-state index in [2.05, 4.69) is 5.32 Å². The summed E-state index contributed by atoms with van der Waals surface area (Å²) in [4.78, 5) is 11.1. The second-order valence-corrected chi connectivity index (χ2v) is 7.53. The second kappa shape index (κ2) is 10.3. The fourth-order valence-corrected chi connectivity index (χ4v) is 4.65. The van der Waals surface area contributed by atoms with E-state index in [1.807, 2.05) is 30.3 Å². The van der Waals surface area contributed by atoms with Crippen LogP contribution in [0.1, 0.15) is 0 Å². The molecule has 124 valence electrons. The van der Waals surface area contributed by atoms with Gasteiger partial charge < -0.3 is 29.4 Å². The monoisotopic (exact) mass is 328 g/mol. The summed E-state index contributed by atoms with van der Waals surface area (Å²) < 4.78 is 22.1. The van der Waals surface area contributed by atoms with Gasteiger partial charge in [-0.05, 0) is 5.19 Å². The van der Waals surface area contributed by atoms with Crippen LogP contribution in [0.3, 0.4) is 0 Å². The highest BCUT2D eigenvalue weighted by Crippen LogP contribution is 2.08. The molecular formula is C14H24N2O5Si. The number of amides is 2. The van der Waals surface area contributed by atoms with Gasteiger partial charge in [-0.2, -0.15) is 0 Å². The van der Waals surface area contributed by atoms with Crippen molar-refractivity contribution in [3.05, 3.63) is 30.3 Å². The molecule has 0 unspecified atom stereocenters. The van der Waals surface area contributed by atoms with E-state index < -0.39 is 14.6 Å². The zero-order valence-electron chi connectivity index (χ0n) is 13.0. The summed E-state index contributed by atoms with van der Waals surface area (Å²) in [5, 5.41) is 3.52. The molecule has 0 aliphatic carbocycles. The van der Waals surface area contributed by atoms with Crippen molar-refractivity contribution in [2.24, 2.45) is 5.73 Å². The number of primary amides is 1. The molecule has 1 aromatic rings. The van der Waals surface area contributed by atoms with Gasteiger partial charge in [-0.15, -0.1) is 0 Å². The number of rotatable bonds is 11. The molecule has 8 heteroatoms. The highest BCUT2D eigenvalue weighted by atomic mass is 28.4. The molecule has 0 saturated carbocycles. The molecule has 0 spiro atoms. The van der Waals surface area contributed by atoms with Gasteiger partial charge >= 0.3 is 14.6 Å². The third kappa shape index (κ3) is 6.12. The van der Waals surface area contributed by atoms with Crippen molar-refractivity contribution < 1.29 is 23.1 Å². The minimum atomic E-state index is -2.88. The van der Waals surface area contributed by atoms with Crippen LogP contribution in [-0.2, 0) is 18.3 Å². The molecular weight excluding hydrogens is 304 g/mol. The van der Waals surface area contributed by atoms with E-state index >= 15 is 0 Å². The van der Waals surface area contributed by atoms with Gasteiger partial charge in [-0.1, -0.05) is 30.3 Å². The molecule has 7 nitrogen and oxygen atoms in total. The van der Waals surface area contributed by atoms with Crippen molar-refractivity contribution >= 4 is 19.8 Å². The smallest absolute Gasteiger partial charge is 0.388 e. The van der Waals surface area contributed by atoms with Gasteiger partial charge in [0.05, 0.1) is 32.6 Å². The lowest BCUT2D eigenvalue weighted by molar-refractivity contribution is 0.0913. The van der Waals surface area contributed by atoms with E-state index in [0.717, 1.165) is 5.19 Å². The zero-order valence-corrected chi connectivity index (χ0v) is 14.0. The third-order valence-electron chi connectivity index (χ3n) is 2.95. The van der Waals surface area contributed by atoms with Crippen molar-refractivity contribution in [1.29, 1.82) is 0 Å². The molecule has 1 aromatic carbocycles. The minimum Gasteiger partial charge on any atom is -0.388 e. The molecule has 0 saturated heterocycles. The molecule has 0 aromatic heterocycles. The van der Waals surface area contributed by atoms with Gasteiger partial charge in [0.25, 0.3) is 0 Å². The van der Waals surface area contributed by atoms with E-state index in [1.165, 1.54) is 0 Å². The Kier molecular flexibility index (Phi) is 8.71. The minimum absolute atomic E-state index is 0.222. The van der Waals surface area contributed by atoms with Crippen LogP contribution in [0.15, 0.2) is 30.3 Å². The number of ether oxygens (including phenoxy) is 2. The van der Waals surface area contributed by atoms with Crippen molar-refractivity contribution in [1.82, 2.24) is 5.32 Å². The summed E-state index contributed by atoms with van der Waals surface area (Å²) in [5.41, 5.74) is 5.20. The van der Waals surface area contributed by atoms with Crippen LogP contribution < -0.4 is 16.2 Å². The Bertz CT molecular complexity index is 423. The lowest BCUT2D eigenvalue weighted by Crippen LogP contribution is -2.62. The van der Waals surface area contributed by atoms with Gasteiger partial charge in [0, 0.05) is 14.2 Å². The molecule has 22 heavy (non-hydrogen) atoms.